The van der Waals surface area contributed by atoms with Crippen LogP contribution in [0.15, 0.2) is 24.3 Å². The molecule has 0 saturated heterocycles. The lowest BCUT2D eigenvalue weighted by Gasteiger charge is -2.36. The van der Waals surface area contributed by atoms with Crippen molar-refractivity contribution in [2.45, 2.75) is 58.4 Å². The predicted molar refractivity (Wildman–Crippen MR) is 91.9 cm³/mol. The van der Waals surface area contributed by atoms with Gasteiger partial charge < -0.3 is 15.2 Å². The minimum Gasteiger partial charge on any atom is -0.482 e. The number of hydrogen-bond acceptors (Lipinski definition) is 3. The molecule has 1 aromatic carbocycles. The monoisotopic (exact) mass is 333 g/mol. The van der Waals surface area contributed by atoms with Crippen molar-refractivity contribution in [2.75, 3.05) is 6.61 Å². The maximum Gasteiger partial charge on any atom is 0.341 e. The van der Waals surface area contributed by atoms with Crippen LogP contribution in [0.2, 0.25) is 0 Å². The molecule has 24 heavy (non-hydrogen) atoms. The van der Waals surface area contributed by atoms with Crippen LogP contribution in [0.5, 0.6) is 5.75 Å². The highest BCUT2D eigenvalue weighted by Crippen LogP contribution is 2.39. The molecular weight excluding hydrogens is 306 g/mol. The van der Waals surface area contributed by atoms with Gasteiger partial charge in [-0.25, -0.2) is 4.79 Å². The Morgan fingerprint density at radius 1 is 1.21 bits per heavy atom. The van der Waals surface area contributed by atoms with E-state index in [0.29, 0.717) is 5.75 Å². The molecule has 1 aromatic rings. The molecule has 5 heteroatoms. The molecule has 0 heterocycles. The Hall–Kier alpha value is -2.04. The molecule has 0 bridgehead atoms. The van der Waals surface area contributed by atoms with E-state index >= 15 is 0 Å². The van der Waals surface area contributed by atoms with Crippen molar-refractivity contribution >= 4 is 11.9 Å². The molecule has 1 atom stereocenters. The number of carboxylic acids is 1. The largest absolute Gasteiger partial charge is 0.482 e. The van der Waals surface area contributed by atoms with Crippen LogP contribution < -0.4 is 10.1 Å². The summed E-state index contributed by atoms with van der Waals surface area (Å²) in [5.74, 6) is -0.336. The maximum absolute atomic E-state index is 12.8. The lowest BCUT2D eigenvalue weighted by Crippen LogP contribution is -2.42. The Morgan fingerprint density at radius 2 is 1.83 bits per heavy atom. The van der Waals surface area contributed by atoms with Crippen LogP contribution in [0.3, 0.4) is 0 Å². The third-order valence-corrected chi connectivity index (χ3v) is 5.06. The number of rotatable bonds is 7. The molecule has 1 amide bonds. The topological polar surface area (TPSA) is 75.6 Å². The summed E-state index contributed by atoms with van der Waals surface area (Å²) < 4.78 is 5.12. The number of carbonyl (C=O) groups is 2. The highest BCUT2D eigenvalue weighted by atomic mass is 16.5. The van der Waals surface area contributed by atoms with E-state index in [4.69, 9.17) is 9.84 Å². The standard InChI is InChI=1S/C19H27NO4/c1-3-19(11-5-4-6-12-19)18(23)20-14(2)15-7-9-16(10-8-15)24-13-17(21)22/h7-10,14H,3-6,11-13H2,1-2H3,(H,20,23)(H,21,22). The van der Waals surface area contributed by atoms with Gasteiger partial charge >= 0.3 is 5.97 Å². The zero-order valence-electron chi connectivity index (χ0n) is 14.5. The average Bonchev–Trinajstić information content (AvgIpc) is 2.60. The predicted octanol–water partition coefficient (Wildman–Crippen LogP) is 3.69. The van der Waals surface area contributed by atoms with E-state index in [1.54, 1.807) is 12.1 Å². The van der Waals surface area contributed by atoms with Crippen LogP contribution >= 0.6 is 0 Å². The summed E-state index contributed by atoms with van der Waals surface area (Å²) in [4.78, 5) is 23.3. The van der Waals surface area contributed by atoms with E-state index in [2.05, 4.69) is 12.2 Å². The smallest absolute Gasteiger partial charge is 0.341 e. The maximum atomic E-state index is 12.8. The Bertz CT molecular complexity index is 561. The molecule has 2 rings (SSSR count). The Balaban J connectivity index is 1.97. The number of nitrogens with one attached hydrogen (secondary N) is 1. The fraction of sp³-hybridized carbons (Fsp3) is 0.579. The minimum atomic E-state index is -1.00. The lowest BCUT2D eigenvalue weighted by atomic mass is 9.71. The van der Waals surface area contributed by atoms with Crippen LogP contribution in [0.4, 0.5) is 0 Å². The SMILES string of the molecule is CCC1(C(=O)NC(C)c2ccc(OCC(=O)O)cc2)CCCCC1. The van der Waals surface area contributed by atoms with Crippen molar-refractivity contribution in [3.8, 4) is 5.75 Å². The molecule has 1 unspecified atom stereocenters. The normalized spacial score (nSPS) is 17.8. The van der Waals surface area contributed by atoms with Gasteiger partial charge in [0.1, 0.15) is 5.75 Å². The third-order valence-electron chi connectivity index (χ3n) is 5.06. The summed E-state index contributed by atoms with van der Waals surface area (Å²) in [6, 6.07) is 7.11. The average molecular weight is 333 g/mol. The highest BCUT2D eigenvalue weighted by Gasteiger charge is 2.38. The van der Waals surface area contributed by atoms with Gasteiger partial charge in [0.05, 0.1) is 6.04 Å². The number of aliphatic carboxylic acids is 1. The molecule has 132 valence electrons. The van der Waals surface area contributed by atoms with Crippen LogP contribution in [-0.2, 0) is 9.59 Å². The van der Waals surface area contributed by atoms with Crippen molar-refractivity contribution < 1.29 is 19.4 Å². The van der Waals surface area contributed by atoms with Crippen molar-refractivity contribution in [3.05, 3.63) is 29.8 Å². The van der Waals surface area contributed by atoms with Gasteiger partial charge in [-0.2, -0.15) is 0 Å². The van der Waals surface area contributed by atoms with E-state index in [-0.39, 0.29) is 24.0 Å². The molecule has 1 aliphatic rings. The summed E-state index contributed by atoms with van der Waals surface area (Å²) in [5, 5.41) is 11.8. The van der Waals surface area contributed by atoms with Gasteiger partial charge in [-0.1, -0.05) is 38.3 Å². The second kappa shape index (κ2) is 8.18. The van der Waals surface area contributed by atoms with Gasteiger partial charge in [-0.3, -0.25) is 4.79 Å². The first-order valence-corrected chi connectivity index (χ1v) is 8.72. The molecule has 1 fully saturated rings. The van der Waals surface area contributed by atoms with Gasteiger partial charge in [0.25, 0.3) is 0 Å². The van der Waals surface area contributed by atoms with Crippen molar-refractivity contribution in [2.24, 2.45) is 5.41 Å². The first-order valence-electron chi connectivity index (χ1n) is 8.72. The number of carbonyl (C=O) groups excluding carboxylic acids is 1. The minimum absolute atomic E-state index is 0.0867. The van der Waals surface area contributed by atoms with Crippen LogP contribution in [0.25, 0.3) is 0 Å². The fourth-order valence-corrected chi connectivity index (χ4v) is 3.40. The summed E-state index contributed by atoms with van der Waals surface area (Å²) in [5.41, 5.74) is 0.768. The summed E-state index contributed by atoms with van der Waals surface area (Å²) in [6.07, 6.45) is 6.32. The first-order chi connectivity index (χ1) is 11.5. The molecule has 5 nitrogen and oxygen atoms in total. The second-order valence-electron chi connectivity index (χ2n) is 6.64. The molecule has 0 aliphatic heterocycles. The van der Waals surface area contributed by atoms with Gasteiger partial charge in [-0.05, 0) is 43.9 Å². The van der Waals surface area contributed by atoms with Gasteiger partial charge in [-0.15, -0.1) is 0 Å². The van der Waals surface area contributed by atoms with Gasteiger partial charge in [0, 0.05) is 5.41 Å². The summed E-state index contributed by atoms with van der Waals surface area (Å²) >= 11 is 0. The summed E-state index contributed by atoms with van der Waals surface area (Å²) in [6.45, 7) is 3.71. The number of hydrogen-bond donors (Lipinski definition) is 2. The summed E-state index contributed by atoms with van der Waals surface area (Å²) in [7, 11) is 0. The number of benzene rings is 1. The highest BCUT2D eigenvalue weighted by molar-refractivity contribution is 5.83. The van der Waals surface area contributed by atoms with E-state index in [1.807, 2.05) is 19.1 Å². The van der Waals surface area contributed by atoms with Crippen LogP contribution in [0.1, 0.15) is 64.0 Å². The zero-order chi connectivity index (χ0) is 17.6. The molecule has 0 aromatic heterocycles. The van der Waals surface area contributed by atoms with E-state index in [1.165, 1.54) is 6.42 Å². The molecule has 1 aliphatic carbocycles. The Labute approximate surface area is 143 Å². The van der Waals surface area contributed by atoms with Crippen molar-refractivity contribution in [3.63, 3.8) is 0 Å². The number of carboxylic acid groups (broad SMARTS) is 1. The van der Waals surface area contributed by atoms with Gasteiger partial charge in [0.15, 0.2) is 6.61 Å². The zero-order valence-corrected chi connectivity index (χ0v) is 14.5. The second-order valence-corrected chi connectivity index (χ2v) is 6.64. The van der Waals surface area contributed by atoms with Crippen LogP contribution in [0, 0.1) is 5.41 Å². The third kappa shape index (κ3) is 4.49. The lowest BCUT2D eigenvalue weighted by molar-refractivity contribution is -0.139. The Morgan fingerprint density at radius 3 is 2.38 bits per heavy atom. The quantitative estimate of drug-likeness (QED) is 0.798. The first kappa shape index (κ1) is 18.3. The number of amides is 1. The van der Waals surface area contributed by atoms with Crippen LogP contribution in [-0.4, -0.2) is 23.6 Å². The van der Waals surface area contributed by atoms with Crippen molar-refractivity contribution in [1.29, 1.82) is 0 Å². The van der Waals surface area contributed by atoms with Gasteiger partial charge in [0.2, 0.25) is 5.91 Å². The molecule has 2 N–H and O–H groups in total. The molecule has 0 radical (unpaired) electrons. The van der Waals surface area contributed by atoms with E-state index in [0.717, 1.165) is 37.7 Å². The fourth-order valence-electron chi connectivity index (χ4n) is 3.40. The van der Waals surface area contributed by atoms with E-state index < -0.39 is 5.97 Å². The molecule has 0 spiro atoms. The van der Waals surface area contributed by atoms with E-state index in [9.17, 15) is 9.59 Å². The molecular formula is C19H27NO4. The van der Waals surface area contributed by atoms with Crippen molar-refractivity contribution in [1.82, 2.24) is 5.32 Å². The Kier molecular flexibility index (Phi) is 6.23. The molecule has 1 saturated carbocycles. The number of ether oxygens (including phenoxy) is 1.